The van der Waals surface area contributed by atoms with Crippen molar-refractivity contribution < 1.29 is 9.90 Å². The molecule has 2 aromatic rings. The molecule has 2 aliphatic rings. The molecule has 2 fully saturated rings. The summed E-state index contributed by atoms with van der Waals surface area (Å²) in [4.78, 5) is 21.1. The molecule has 162 valence electrons. The van der Waals surface area contributed by atoms with Crippen molar-refractivity contribution in [2.75, 3.05) is 37.6 Å². The highest BCUT2D eigenvalue weighted by Crippen LogP contribution is 2.21. The zero-order valence-corrected chi connectivity index (χ0v) is 18.3. The lowest BCUT2D eigenvalue weighted by molar-refractivity contribution is -0.132. The molecular weight excluding hydrogens is 396 g/mol. The molecule has 0 atom stereocenters. The highest BCUT2D eigenvalue weighted by Gasteiger charge is 2.22. The molecule has 1 aromatic heterocycles. The number of benzene rings is 1. The summed E-state index contributed by atoms with van der Waals surface area (Å²) in [6, 6.07) is 9.06. The van der Waals surface area contributed by atoms with Gasteiger partial charge in [0, 0.05) is 56.3 Å². The van der Waals surface area contributed by atoms with Gasteiger partial charge in [0.15, 0.2) is 0 Å². The van der Waals surface area contributed by atoms with E-state index in [0.29, 0.717) is 38.4 Å². The van der Waals surface area contributed by atoms with Crippen molar-refractivity contribution in [1.82, 2.24) is 15.2 Å². The van der Waals surface area contributed by atoms with Crippen molar-refractivity contribution in [1.29, 1.82) is 0 Å². The summed E-state index contributed by atoms with van der Waals surface area (Å²) in [6.45, 7) is 4.45. The predicted octanol–water partition coefficient (Wildman–Crippen LogP) is 2.47. The van der Waals surface area contributed by atoms with E-state index in [4.69, 9.17) is 0 Å². The molecule has 2 N–H and O–H groups in total. The van der Waals surface area contributed by atoms with E-state index in [-0.39, 0.29) is 12.0 Å². The molecule has 7 heteroatoms. The normalized spacial score (nSPS) is 18.7. The summed E-state index contributed by atoms with van der Waals surface area (Å²) in [6.07, 6.45) is 4.89. The Bertz CT molecular complexity index is 780. The van der Waals surface area contributed by atoms with E-state index in [1.165, 1.54) is 11.4 Å². The van der Waals surface area contributed by atoms with Crippen LogP contribution in [0.1, 0.15) is 36.9 Å². The molecule has 6 nitrogen and oxygen atoms in total. The number of nitrogens with zero attached hydrogens (tertiary/aromatic N) is 3. The highest BCUT2D eigenvalue weighted by atomic mass is 32.1. The number of hydrogen-bond acceptors (Lipinski definition) is 6. The summed E-state index contributed by atoms with van der Waals surface area (Å²) in [5, 5.41) is 15.4. The average Bonchev–Trinajstić information content (AvgIpc) is 3.29. The molecule has 1 aromatic carbocycles. The number of rotatable bonds is 7. The SMILES string of the molecule is O=C(Cc1ccc(N2CCC(NCCc3cscn3)CC2)cc1)N1CCC(O)CC1. The van der Waals surface area contributed by atoms with Crippen molar-refractivity contribution in [3.63, 3.8) is 0 Å². The van der Waals surface area contributed by atoms with Gasteiger partial charge in [-0.25, -0.2) is 4.98 Å². The van der Waals surface area contributed by atoms with Gasteiger partial charge < -0.3 is 20.2 Å². The van der Waals surface area contributed by atoms with Gasteiger partial charge in [0.1, 0.15) is 0 Å². The van der Waals surface area contributed by atoms with Gasteiger partial charge in [-0.15, -0.1) is 11.3 Å². The number of amides is 1. The van der Waals surface area contributed by atoms with Gasteiger partial charge >= 0.3 is 0 Å². The Labute approximate surface area is 182 Å². The first kappa shape index (κ1) is 21.3. The van der Waals surface area contributed by atoms with E-state index in [1.54, 1.807) is 11.3 Å². The standard InChI is InChI=1S/C23H32N4O2S/c28-22-8-13-27(14-9-22)23(29)15-18-1-3-21(4-2-18)26-11-6-19(7-12-26)24-10-5-20-16-30-17-25-20/h1-4,16-17,19,22,24,28H,5-15H2. The third-order valence-electron chi connectivity index (χ3n) is 6.27. The number of aliphatic hydroxyl groups is 1. The summed E-state index contributed by atoms with van der Waals surface area (Å²) >= 11 is 1.66. The maximum atomic E-state index is 12.5. The second kappa shape index (κ2) is 10.4. The van der Waals surface area contributed by atoms with E-state index in [2.05, 4.69) is 44.8 Å². The summed E-state index contributed by atoms with van der Waals surface area (Å²) in [7, 11) is 0. The predicted molar refractivity (Wildman–Crippen MR) is 121 cm³/mol. The van der Waals surface area contributed by atoms with Crippen LogP contribution in [-0.4, -0.2) is 65.8 Å². The number of carbonyl (C=O) groups is 1. The van der Waals surface area contributed by atoms with Crippen LogP contribution in [0.2, 0.25) is 0 Å². The van der Waals surface area contributed by atoms with E-state index in [9.17, 15) is 9.90 Å². The van der Waals surface area contributed by atoms with Crippen LogP contribution < -0.4 is 10.2 Å². The molecule has 2 aliphatic heterocycles. The van der Waals surface area contributed by atoms with Gasteiger partial charge in [-0.2, -0.15) is 0 Å². The third kappa shape index (κ3) is 5.80. The Kier molecular flexibility index (Phi) is 7.36. The first-order valence-electron chi connectivity index (χ1n) is 11.1. The summed E-state index contributed by atoms with van der Waals surface area (Å²) in [5.74, 6) is 0.166. The van der Waals surface area contributed by atoms with Gasteiger partial charge in [0.2, 0.25) is 5.91 Å². The first-order chi connectivity index (χ1) is 14.7. The van der Waals surface area contributed by atoms with Crippen molar-refractivity contribution in [3.8, 4) is 0 Å². The van der Waals surface area contributed by atoms with Gasteiger partial charge in [-0.3, -0.25) is 4.79 Å². The molecule has 0 bridgehead atoms. The number of anilines is 1. The average molecular weight is 429 g/mol. The molecule has 0 radical (unpaired) electrons. The van der Waals surface area contributed by atoms with Crippen LogP contribution in [0.4, 0.5) is 5.69 Å². The van der Waals surface area contributed by atoms with Crippen LogP contribution in [0.5, 0.6) is 0 Å². The lowest BCUT2D eigenvalue weighted by Gasteiger charge is -2.34. The van der Waals surface area contributed by atoms with Gasteiger partial charge in [0.25, 0.3) is 0 Å². The topological polar surface area (TPSA) is 68.7 Å². The lowest BCUT2D eigenvalue weighted by atomic mass is 10.0. The minimum absolute atomic E-state index is 0.166. The molecular formula is C23H32N4O2S. The number of aromatic nitrogens is 1. The molecule has 0 unspecified atom stereocenters. The van der Waals surface area contributed by atoms with Crippen LogP contribution in [0.15, 0.2) is 35.2 Å². The number of thiazole rings is 1. The summed E-state index contributed by atoms with van der Waals surface area (Å²) in [5.41, 5.74) is 5.39. The van der Waals surface area contributed by atoms with E-state index in [1.807, 2.05) is 10.4 Å². The Balaban J connectivity index is 1.19. The monoisotopic (exact) mass is 428 g/mol. The number of nitrogens with one attached hydrogen (secondary N) is 1. The van der Waals surface area contributed by atoms with Crippen molar-refractivity contribution in [2.45, 2.75) is 50.7 Å². The van der Waals surface area contributed by atoms with Gasteiger partial charge in [-0.1, -0.05) is 12.1 Å². The minimum Gasteiger partial charge on any atom is -0.393 e. The molecule has 2 saturated heterocycles. The molecule has 4 rings (SSSR count). The second-order valence-corrected chi connectivity index (χ2v) is 9.12. The van der Waals surface area contributed by atoms with E-state index in [0.717, 1.165) is 44.5 Å². The van der Waals surface area contributed by atoms with Crippen molar-refractivity contribution >= 4 is 22.9 Å². The second-order valence-electron chi connectivity index (χ2n) is 8.40. The number of hydrogen-bond donors (Lipinski definition) is 2. The van der Waals surface area contributed by atoms with Crippen molar-refractivity contribution in [3.05, 3.63) is 46.4 Å². The number of likely N-dealkylation sites (tertiary alicyclic amines) is 1. The van der Waals surface area contributed by atoms with Crippen LogP contribution in [0.25, 0.3) is 0 Å². The number of piperidine rings is 2. The Hall–Kier alpha value is -1.96. The van der Waals surface area contributed by atoms with E-state index >= 15 is 0 Å². The molecule has 0 spiro atoms. The molecule has 1 amide bonds. The fourth-order valence-corrected chi connectivity index (χ4v) is 4.93. The van der Waals surface area contributed by atoms with Crippen LogP contribution in [0.3, 0.4) is 0 Å². The molecule has 3 heterocycles. The Morgan fingerprint density at radius 2 is 1.83 bits per heavy atom. The summed E-state index contributed by atoms with van der Waals surface area (Å²) < 4.78 is 0. The molecule has 0 saturated carbocycles. The maximum absolute atomic E-state index is 12.5. The first-order valence-corrected chi connectivity index (χ1v) is 12.0. The molecule has 0 aliphatic carbocycles. The minimum atomic E-state index is -0.245. The van der Waals surface area contributed by atoms with Crippen LogP contribution in [-0.2, 0) is 17.6 Å². The number of aliphatic hydroxyl groups excluding tert-OH is 1. The van der Waals surface area contributed by atoms with Crippen molar-refractivity contribution in [2.24, 2.45) is 0 Å². The van der Waals surface area contributed by atoms with Crippen LogP contribution in [0, 0.1) is 0 Å². The fraction of sp³-hybridized carbons (Fsp3) is 0.565. The maximum Gasteiger partial charge on any atom is 0.226 e. The fourth-order valence-electron chi connectivity index (χ4n) is 4.33. The zero-order valence-electron chi connectivity index (χ0n) is 17.5. The van der Waals surface area contributed by atoms with Gasteiger partial charge in [-0.05, 0) is 43.4 Å². The van der Waals surface area contributed by atoms with Gasteiger partial charge in [0.05, 0.1) is 23.7 Å². The lowest BCUT2D eigenvalue weighted by Crippen LogP contribution is -2.43. The third-order valence-corrected chi connectivity index (χ3v) is 6.90. The van der Waals surface area contributed by atoms with Crippen LogP contribution >= 0.6 is 11.3 Å². The zero-order chi connectivity index (χ0) is 20.8. The quantitative estimate of drug-likeness (QED) is 0.709. The largest absolute Gasteiger partial charge is 0.393 e. The molecule has 30 heavy (non-hydrogen) atoms. The number of carbonyl (C=O) groups excluding carboxylic acids is 1. The smallest absolute Gasteiger partial charge is 0.226 e. The Morgan fingerprint density at radius 3 is 2.50 bits per heavy atom. The Morgan fingerprint density at radius 1 is 1.10 bits per heavy atom. The van der Waals surface area contributed by atoms with E-state index < -0.39 is 0 Å². The highest BCUT2D eigenvalue weighted by molar-refractivity contribution is 7.07.